The number of hydrogen-bond donors (Lipinski definition) is 1. The Hall–Kier alpha value is -0.870. The van der Waals surface area contributed by atoms with Crippen molar-refractivity contribution < 1.29 is 0 Å². The third kappa shape index (κ3) is 2.70. The van der Waals surface area contributed by atoms with Gasteiger partial charge in [0.2, 0.25) is 0 Å². The average molecular weight is 262 g/mol. The van der Waals surface area contributed by atoms with Crippen molar-refractivity contribution in [2.75, 3.05) is 20.1 Å². The van der Waals surface area contributed by atoms with Gasteiger partial charge in [0.05, 0.1) is 11.7 Å². The Balaban J connectivity index is 1.91. The van der Waals surface area contributed by atoms with Gasteiger partial charge in [-0.25, -0.2) is 0 Å². The predicted octanol–water partition coefficient (Wildman–Crippen LogP) is 1.95. The fourth-order valence-electron chi connectivity index (χ4n) is 3.65. The van der Waals surface area contributed by atoms with Gasteiger partial charge < -0.3 is 5.32 Å². The molecule has 1 aliphatic carbocycles. The van der Waals surface area contributed by atoms with Gasteiger partial charge in [0, 0.05) is 19.3 Å². The summed E-state index contributed by atoms with van der Waals surface area (Å²) in [5.41, 5.74) is 1.40. The van der Waals surface area contributed by atoms with Crippen LogP contribution in [0.3, 0.4) is 0 Å². The molecule has 1 N–H and O–H groups in total. The summed E-state index contributed by atoms with van der Waals surface area (Å²) in [5.74, 6) is 0.712. The smallest absolute Gasteiger partial charge is 0.0560 e. The zero-order valence-corrected chi connectivity index (χ0v) is 12.2. The molecule has 2 unspecified atom stereocenters. The van der Waals surface area contributed by atoms with Crippen LogP contribution in [0.4, 0.5) is 0 Å². The first-order chi connectivity index (χ1) is 9.31. The molecule has 0 bridgehead atoms. The normalized spacial score (nSPS) is 29.4. The zero-order chi connectivity index (χ0) is 13.2. The van der Waals surface area contributed by atoms with E-state index in [9.17, 15) is 0 Å². The number of rotatable bonds is 4. The van der Waals surface area contributed by atoms with E-state index in [1.807, 2.05) is 6.20 Å². The van der Waals surface area contributed by atoms with Crippen molar-refractivity contribution in [2.45, 2.75) is 44.2 Å². The molecule has 1 aromatic rings. The maximum Gasteiger partial charge on any atom is 0.0560 e. The van der Waals surface area contributed by atoms with Crippen LogP contribution in [0, 0.1) is 5.92 Å². The number of aromatic nitrogens is 2. The van der Waals surface area contributed by atoms with E-state index in [1.54, 1.807) is 0 Å². The van der Waals surface area contributed by atoms with Gasteiger partial charge in [-0.3, -0.25) is 9.58 Å². The van der Waals surface area contributed by atoms with Crippen LogP contribution < -0.4 is 5.32 Å². The molecule has 0 amide bonds. The van der Waals surface area contributed by atoms with E-state index in [0.29, 0.717) is 12.0 Å². The second kappa shape index (κ2) is 5.63. The van der Waals surface area contributed by atoms with Gasteiger partial charge in [-0.15, -0.1) is 0 Å². The molecule has 1 saturated carbocycles. The molecule has 2 fully saturated rings. The maximum absolute atomic E-state index is 4.40. The van der Waals surface area contributed by atoms with Gasteiger partial charge in [-0.2, -0.15) is 5.10 Å². The molecule has 1 saturated heterocycles. The van der Waals surface area contributed by atoms with E-state index in [-0.39, 0.29) is 0 Å². The van der Waals surface area contributed by atoms with Crippen molar-refractivity contribution in [3.63, 3.8) is 0 Å². The first-order valence-corrected chi connectivity index (χ1v) is 7.69. The SMILES string of the molecule is CNCC1CCCCN(C2CC2)C1c1ccnn1C. The van der Waals surface area contributed by atoms with Crippen molar-refractivity contribution in [3.05, 3.63) is 18.0 Å². The highest BCUT2D eigenvalue weighted by atomic mass is 15.3. The Morgan fingerprint density at radius 1 is 1.32 bits per heavy atom. The molecule has 0 radical (unpaired) electrons. The lowest BCUT2D eigenvalue weighted by molar-refractivity contribution is 0.138. The van der Waals surface area contributed by atoms with Crippen molar-refractivity contribution in [1.29, 1.82) is 0 Å². The van der Waals surface area contributed by atoms with Crippen LogP contribution in [-0.2, 0) is 7.05 Å². The molecule has 4 nitrogen and oxygen atoms in total. The Bertz CT molecular complexity index is 410. The molecule has 0 spiro atoms. The van der Waals surface area contributed by atoms with Crippen LogP contribution in [0.2, 0.25) is 0 Å². The molecule has 106 valence electrons. The highest BCUT2D eigenvalue weighted by Gasteiger charge is 2.40. The van der Waals surface area contributed by atoms with Crippen LogP contribution in [0.25, 0.3) is 0 Å². The van der Waals surface area contributed by atoms with Crippen molar-refractivity contribution in [2.24, 2.45) is 13.0 Å². The topological polar surface area (TPSA) is 33.1 Å². The van der Waals surface area contributed by atoms with Crippen LogP contribution in [-0.4, -0.2) is 40.9 Å². The maximum atomic E-state index is 4.40. The largest absolute Gasteiger partial charge is 0.319 e. The molecule has 4 heteroatoms. The summed E-state index contributed by atoms with van der Waals surface area (Å²) in [6.07, 6.45) is 8.78. The quantitative estimate of drug-likeness (QED) is 0.900. The summed E-state index contributed by atoms with van der Waals surface area (Å²) < 4.78 is 2.08. The standard InChI is InChI=1S/C15H26N4/c1-16-11-12-5-3-4-10-19(13-6-7-13)15(12)14-8-9-17-18(14)2/h8-9,12-13,15-16H,3-7,10-11H2,1-2H3. The van der Waals surface area contributed by atoms with E-state index in [2.05, 4.69) is 40.2 Å². The summed E-state index contributed by atoms with van der Waals surface area (Å²) in [7, 11) is 4.16. The number of hydrogen-bond acceptors (Lipinski definition) is 3. The number of nitrogens with zero attached hydrogens (tertiary/aromatic N) is 3. The average Bonchev–Trinajstić information content (AvgIpc) is 3.17. The molecule has 1 aliphatic heterocycles. The second-order valence-electron chi connectivity index (χ2n) is 6.11. The van der Waals surface area contributed by atoms with Gasteiger partial charge in [-0.05, 0) is 57.8 Å². The summed E-state index contributed by atoms with van der Waals surface area (Å²) in [6, 6.07) is 3.60. The van der Waals surface area contributed by atoms with Gasteiger partial charge in [0.25, 0.3) is 0 Å². The van der Waals surface area contributed by atoms with Crippen LogP contribution >= 0.6 is 0 Å². The second-order valence-corrected chi connectivity index (χ2v) is 6.11. The Kier molecular flexibility index (Phi) is 3.89. The Morgan fingerprint density at radius 3 is 2.79 bits per heavy atom. The van der Waals surface area contributed by atoms with E-state index >= 15 is 0 Å². The number of aryl methyl sites for hydroxylation is 1. The minimum absolute atomic E-state index is 0.551. The fraction of sp³-hybridized carbons (Fsp3) is 0.800. The van der Waals surface area contributed by atoms with E-state index in [4.69, 9.17) is 0 Å². The van der Waals surface area contributed by atoms with Crippen LogP contribution in [0.1, 0.15) is 43.8 Å². The third-order valence-electron chi connectivity index (χ3n) is 4.69. The monoisotopic (exact) mass is 262 g/mol. The van der Waals surface area contributed by atoms with Crippen LogP contribution in [0.5, 0.6) is 0 Å². The highest BCUT2D eigenvalue weighted by Crippen LogP contribution is 2.41. The summed E-state index contributed by atoms with van der Waals surface area (Å²) >= 11 is 0. The third-order valence-corrected chi connectivity index (χ3v) is 4.69. The first kappa shape index (κ1) is 13.1. The predicted molar refractivity (Wildman–Crippen MR) is 76.9 cm³/mol. The molecule has 3 rings (SSSR count). The molecule has 2 heterocycles. The van der Waals surface area contributed by atoms with E-state index in [0.717, 1.165) is 12.6 Å². The summed E-state index contributed by atoms with van der Waals surface area (Å²) in [6.45, 7) is 2.37. The summed E-state index contributed by atoms with van der Waals surface area (Å²) in [4.78, 5) is 2.77. The number of likely N-dealkylation sites (tertiary alicyclic amines) is 1. The lowest BCUT2D eigenvalue weighted by atomic mass is 9.92. The van der Waals surface area contributed by atoms with E-state index in [1.165, 1.54) is 44.3 Å². The van der Waals surface area contributed by atoms with E-state index < -0.39 is 0 Å². The fourth-order valence-corrected chi connectivity index (χ4v) is 3.65. The van der Waals surface area contributed by atoms with Gasteiger partial charge in [0.1, 0.15) is 0 Å². The lowest BCUT2D eigenvalue weighted by Crippen LogP contribution is -2.38. The lowest BCUT2D eigenvalue weighted by Gasteiger charge is -2.35. The first-order valence-electron chi connectivity index (χ1n) is 7.69. The van der Waals surface area contributed by atoms with Gasteiger partial charge >= 0.3 is 0 Å². The van der Waals surface area contributed by atoms with Crippen molar-refractivity contribution in [3.8, 4) is 0 Å². The Morgan fingerprint density at radius 2 is 2.16 bits per heavy atom. The molecule has 0 aromatic carbocycles. The van der Waals surface area contributed by atoms with Crippen molar-refractivity contribution in [1.82, 2.24) is 20.0 Å². The Labute approximate surface area is 116 Å². The molecule has 2 aliphatic rings. The minimum atomic E-state index is 0.551. The molecule has 2 atom stereocenters. The summed E-state index contributed by atoms with van der Waals surface area (Å²) in [5, 5.41) is 7.80. The highest BCUT2D eigenvalue weighted by molar-refractivity contribution is 5.11. The number of nitrogens with one attached hydrogen (secondary N) is 1. The molecular formula is C15H26N4. The van der Waals surface area contributed by atoms with Crippen molar-refractivity contribution >= 4 is 0 Å². The molecular weight excluding hydrogens is 236 g/mol. The molecule has 19 heavy (non-hydrogen) atoms. The van der Waals surface area contributed by atoms with Crippen LogP contribution in [0.15, 0.2) is 12.3 Å². The zero-order valence-electron chi connectivity index (χ0n) is 12.2. The van der Waals surface area contributed by atoms with Gasteiger partial charge in [-0.1, -0.05) is 6.42 Å². The molecule has 1 aromatic heterocycles. The minimum Gasteiger partial charge on any atom is -0.319 e. The van der Waals surface area contributed by atoms with Gasteiger partial charge in [0.15, 0.2) is 0 Å².